The van der Waals surface area contributed by atoms with E-state index in [2.05, 4.69) is 20.6 Å². The number of amides is 1. The van der Waals surface area contributed by atoms with E-state index in [1.54, 1.807) is 18.2 Å². The molecular weight excluding hydrogens is 360 g/mol. The van der Waals surface area contributed by atoms with E-state index in [1.807, 2.05) is 43.3 Å². The first-order valence-electron chi connectivity index (χ1n) is 8.87. The average Bonchev–Trinajstić information content (AvgIpc) is 3.50. The molecule has 2 N–H and O–H groups in total. The van der Waals surface area contributed by atoms with Gasteiger partial charge in [-0.1, -0.05) is 48.0 Å². The maximum absolute atomic E-state index is 12.8. The molecular formula is C21H19ClN4O. The zero-order chi connectivity index (χ0) is 18.8. The molecule has 1 heterocycles. The number of carbonyl (C=O) groups excluding carboxylic acids is 1. The van der Waals surface area contributed by atoms with Crippen LogP contribution in [0.3, 0.4) is 0 Å². The number of hydrogen-bond acceptors (Lipinski definition) is 4. The molecule has 1 aliphatic carbocycles. The van der Waals surface area contributed by atoms with Crippen molar-refractivity contribution >= 4 is 29.0 Å². The monoisotopic (exact) mass is 378 g/mol. The van der Waals surface area contributed by atoms with E-state index in [-0.39, 0.29) is 5.91 Å². The SMILES string of the molecule is Cc1c(Cl)cccc1NC(=O)c1cc(NC2CC2)nc(-c2ccccc2)n1. The lowest BCUT2D eigenvalue weighted by molar-refractivity contribution is 0.102. The Labute approximate surface area is 162 Å². The average molecular weight is 379 g/mol. The zero-order valence-corrected chi connectivity index (χ0v) is 15.6. The molecule has 4 rings (SSSR count). The highest BCUT2D eigenvalue weighted by Gasteiger charge is 2.23. The van der Waals surface area contributed by atoms with Gasteiger partial charge in [0.25, 0.3) is 5.91 Å². The van der Waals surface area contributed by atoms with Gasteiger partial charge in [-0.05, 0) is 37.5 Å². The van der Waals surface area contributed by atoms with Crippen LogP contribution < -0.4 is 10.6 Å². The summed E-state index contributed by atoms with van der Waals surface area (Å²) in [5.74, 6) is 0.896. The number of rotatable bonds is 5. The first-order chi connectivity index (χ1) is 13.1. The number of nitrogens with one attached hydrogen (secondary N) is 2. The highest BCUT2D eigenvalue weighted by Crippen LogP contribution is 2.27. The van der Waals surface area contributed by atoms with E-state index < -0.39 is 0 Å². The molecule has 0 radical (unpaired) electrons. The molecule has 6 heteroatoms. The van der Waals surface area contributed by atoms with Gasteiger partial charge in [0.15, 0.2) is 5.82 Å². The third-order valence-electron chi connectivity index (χ3n) is 4.44. The summed E-state index contributed by atoms with van der Waals surface area (Å²) in [6.07, 6.45) is 2.24. The van der Waals surface area contributed by atoms with Crippen molar-refractivity contribution in [2.75, 3.05) is 10.6 Å². The number of aromatic nitrogens is 2. The van der Waals surface area contributed by atoms with Crippen LogP contribution in [0, 0.1) is 6.92 Å². The van der Waals surface area contributed by atoms with Crippen LogP contribution in [0.4, 0.5) is 11.5 Å². The van der Waals surface area contributed by atoms with Crippen molar-refractivity contribution in [1.82, 2.24) is 9.97 Å². The molecule has 0 unspecified atom stereocenters. The summed E-state index contributed by atoms with van der Waals surface area (Å²) in [7, 11) is 0. The van der Waals surface area contributed by atoms with Crippen LogP contribution in [0.2, 0.25) is 5.02 Å². The van der Waals surface area contributed by atoms with Gasteiger partial charge in [-0.15, -0.1) is 0 Å². The maximum Gasteiger partial charge on any atom is 0.274 e. The van der Waals surface area contributed by atoms with E-state index in [9.17, 15) is 4.79 Å². The normalized spacial score (nSPS) is 13.3. The van der Waals surface area contributed by atoms with Crippen molar-refractivity contribution in [2.45, 2.75) is 25.8 Å². The molecule has 27 heavy (non-hydrogen) atoms. The second-order valence-corrected chi connectivity index (χ2v) is 7.02. The van der Waals surface area contributed by atoms with Gasteiger partial charge in [0.2, 0.25) is 0 Å². The van der Waals surface area contributed by atoms with E-state index >= 15 is 0 Å². The number of hydrogen-bond donors (Lipinski definition) is 2. The van der Waals surface area contributed by atoms with Crippen molar-refractivity contribution in [1.29, 1.82) is 0 Å². The number of halogens is 1. The third-order valence-corrected chi connectivity index (χ3v) is 4.85. The largest absolute Gasteiger partial charge is 0.367 e. The summed E-state index contributed by atoms with van der Waals surface area (Å²) in [5, 5.41) is 6.86. The Balaban J connectivity index is 1.68. The number of carbonyl (C=O) groups is 1. The lowest BCUT2D eigenvalue weighted by atomic mass is 10.2. The van der Waals surface area contributed by atoms with Gasteiger partial charge >= 0.3 is 0 Å². The molecule has 136 valence electrons. The van der Waals surface area contributed by atoms with E-state index in [1.165, 1.54) is 0 Å². The van der Waals surface area contributed by atoms with E-state index in [0.717, 1.165) is 24.0 Å². The second-order valence-electron chi connectivity index (χ2n) is 6.61. The van der Waals surface area contributed by atoms with Crippen LogP contribution in [-0.4, -0.2) is 21.9 Å². The lowest BCUT2D eigenvalue weighted by Gasteiger charge is -2.12. The first kappa shape index (κ1) is 17.5. The van der Waals surface area contributed by atoms with Gasteiger partial charge in [-0.25, -0.2) is 9.97 Å². The molecule has 0 saturated heterocycles. The molecule has 1 aliphatic rings. The van der Waals surface area contributed by atoms with Crippen LogP contribution in [0.5, 0.6) is 0 Å². The Bertz CT molecular complexity index is 987. The van der Waals surface area contributed by atoms with Crippen molar-refractivity contribution in [3.05, 3.63) is 70.9 Å². The fraction of sp³-hybridized carbons (Fsp3) is 0.190. The number of benzene rings is 2. The Hall–Kier alpha value is -2.92. The van der Waals surface area contributed by atoms with Gasteiger partial charge in [-0.2, -0.15) is 0 Å². The predicted molar refractivity (Wildman–Crippen MR) is 108 cm³/mol. The summed E-state index contributed by atoms with van der Waals surface area (Å²) in [6.45, 7) is 1.87. The summed E-state index contributed by atoms with van der Waals surface area (Å²) in [6, 6.07) is 17.2. The lowest BCUT2D eigenvalue weighted by Crippen LogP contribution is -2.16. The molecule has 1 aromatic heterocycles. The van der Waals surface area contributed by atoms with E-state index in [0.29, 0.717) is 34.1 Å². The van der Waals surface area contributed by atoms with Crippen LogP contribution in [0.25, 0.3) is 11.4 Å². The Morgan fingerprint density at radius 1 is 1.07 bits per heavy atom. The highest BCUT2D eigenvalue weighted by atomic mass is 35.5. The minimum absolute atomic E-state index is 0.293. The fourth-order valence-electron chi connectivity index (χ4n) is 2.72. The molecule has 0 atom stereocenters. The standard InChI is InChI=1S/C21H19ClN4O/c1-13-16(22)8-5-9-17(13)25-21(27)18-12-19(23-15-10-11-15)26-20(24-18)14-6-3-2-4-7-14/h2-9,12,15H,10-11H2,1H3,(H,25,27)(H,23,24,26). The van der Waals surface area contributed by atoms with Crippen molar-refractivity contribution in [3.8, 4) is 11.4 Å². The van der Waals surface area contributed by atoms with Crippen LogP contribution >= 0.6 is 11.6 Å². The topological polar surface area (TPSA) is 66.9 Å². The van der Waals surface area contributed by atoms with Gasteiger partial charge < -0.3 is 10.6 Å². The summed E-state index contributed by atoms with van der Waals surface area (Å²) in [5.41, 5.74) is 2.67. The number of anilines is 2. The zero-order valence-electron chi connectivity index (χ0n) is 14.9. The smallest absolute Gasteiger partial charge is 0.274 e. The van der Waals surface area contributed by atoms with Gasteiger partial charge in [0, 0.05) is 28.4 Å². The van der Waals surface area contributed by atoms with Crippen LogP contribution in [-0.2, 0) is 0 Å². The minimum Gasteiger partial charge on any atom is -0.367 e. The molecule has 2 aromatic carbocycles. The molecule has 3 aromatic rings. The maximum atomic E-state index is 12.8. The predicted octanol–water partition coefficient (Wildman–Crippen LogP) is 4.93. The Morgan fingerprint density at radius 3 is 2.59 bits per heavy atom. The highest BCUT2D eigenvalue weighted by molar-refractivity contribution is 6.31. The third kappa shape index (κ3) is 4.09. The van der Waals surface area contributed by atoms with Crippen molar-refractivity contribution in [2.24, 2.45) is 0 Å². The number of nitrogens with zero attached hydrogens (tertiary/aromatic N) is 2. The summed E-state index contributed by atoms with van der Waals surface area (Å²) in [4.78, 5) is 21.9. The molecule has 1 amide bonds. The Kier molecular flexibility index (Phi) is 4.77. The first-order valence-corrected chi connectivity index (χ1v) is 9.25. The molecule has 0 aliphatic heterocycles. The quantitative estimate of drug-likeness (QED) is 0.660. The van der Waals surface area contributed by atoms with Gasteiger partial charge in [-0.3, -0.25) is 4.79 Å². The molecule has 0 bridgehead atoms. The van der Waals surface area contributed by atoms with Crippen molar-refractivity contribution < 1.29 is 4.79 Å². The fourth-order valence-corrected chi connectivity index (χ4v) is 2.89. The van der Waals surface area contributed by atoms with Crippen LogP contribution in [0.15, 0.2) is 54.6 Å². The Morgan fingerprint density at radius 2 is 1.85 bits per heavy atom. The van der Waals surface area contributed by atoms with Crippen molar-refractivity contribution in [3.63, 3.8) is 0 Å². The van der Waals surface area contributed by atoms with Gasteiger partial charge in [0.1, 0.15) is 11.5 Å². The molecule has 0 spiro atoms. The van der Waals surface area contributed by atoms with Crippen LogP contribution in [0.1, 0.15) is 28.9 Å². The van der Waals surface area contributed by atoms with Gasteiger partial charge in [0.05, 0.1) is 0 Å². The van der Waals surface area contributed by atoms with E-state index in [4.69, 9.17) is 11.6 Å². The molecule has 1 saturated carbocycles. The summed E-state index contributed by atoms with van der Waals surface area (Å²) < 4.78 is 0. The second kappa shape index (κ2) is 7.37. The molecule has 5 nitrogen and oxygen atoms in total. The minimum atomic E-state index is -0.293. The molecule has 1 fully saturated rings. The summed E-state index contributed by atoms with van der Waals surface area (Å²) >= 11 is 6.15.